The van der Waals surface area contributed by atoms with E-state index < -0.39 is 0 Å². The molecule has 2 aromatic rings. The van der Waals surface area contributed by atoms with E-state index in [9.17, 15) is 9.59 Å². The van der Waals surface area contributed by atoms with Crippen LogP contribution >= 0.6 is 0 Å². The van der Waals surface area contributed by atoms with Crippen LogP contribution in [0.25, 0.3) is 0 Å². The van der Waals surface area contributed by atoms with E-state index in [2.05, 4.69) is 15.6 Å². The Labute approximate surface area is 141 Å². The molecule has 2 N–H and O–H groups in total. The summed E-state index contributed by atoms with van der Waals surface area (Å²) in [6.45, 7) is 6.23. The summed E-state index contributed by atoms with van der Waals surface area (Å²) in [5.41, 5.74) is 1.31. The van der Waals surface area contributed by atoms with E-state index in [1.165, 1.54) is 18.5 Å². The average Bonchev–Trinajstić information content (AvgIpc) is 2.56. The third-order valence-electron chi connectivity index (χ3n) is 3.11. The van der Waals surface area contributed by atoms with Crippen LogP contribution in [0.2, 0.25) is 0 Å². The van der Waals surface area contributed by atoms with Gasteiger partial charge in [0.05, 0.1) is 17.7 Å². The number of nitrogens with zero attached hydrogens (tertiary/aromatic N) is 1. The van der Waals surface area contributed by atoms with Crippen molar-refractivity contribution in [3.05, 3.63) is 53.9 Å². The molecule has 126 valence electrons. The Morgan fingerprint density at radius 3 is 2.29 bits per heavy atom. The second-order valence-electron chi connectivity index (χ2n) is 5.50. The summed E-state index contributed by atoms with van der Waals surface area (Å²) in [7, 11) is 0. The fourth-order valence-electron chi connectivity index (χ4n) is 2.04. The summed E-state index contributed by atoms with van der Waals surface area (Å²) >= 11 is 0. The maximum absolute atomic E-state index is 12.3. The number of hydrogen-bond donors (Lipinski definition) is 2. The largest absolute Gasteiger partial charge is 0.494 e. The summed E-state index contributed by atoms with van der Waals surface area (Å²) in [6, 6.07) is 8.61. The molecule has 24 heavy (non-hydrogen) atoms. The summed E-state index contributed by atoms with van der Waals surface area (Å²) in [6.07, 6.45) is 2.86. The normalized spacial score (nSPS) is 10.3. The third-order valence-corrected chi connectivity index (χ3v) is 3.11. The predicted molar refractivity (Wildman–Crippen MR) is 92.4 cm³/mol. The van der Waals surface area contributed by atoms with Crippen molar-refractivity contribution < 1.29 is 14.3 Å². The van der Waals surface area contributed by atoms with E-state index in [4.69, 9.17) is 4.74 Å². The molecule has 0 saturated carbocycles. The quantitative estimate of drug-likeness (QED) is 0.855. The van der Waals surface area contributed by atoms with Crippen LogP contribution in [0.15, 0.2) is 42.7 Å². The number of carbonyl (C=O) groups excluding carboxylic acids is 2. The first-order valence-corrected chi connectivity index (χ1v) is 7.79. The maximum Gasteiger partial charge on any atom is 0.257 e. The number of nitrogens with one attached hydrogen (secondary N) is 2. The Hall–Kier alpha value is -2.89. The van der Waals surface area contributed by atoms with Gasteiger partial charge < -0.3 is 15.4 Å². The highest BCUT2D eigenvalue weighted by Crippen LogP contribution is 2.16. The van der Waals surface area contributed by atoms with Crippen molar-refractivity contribution in [2.45, 2.75) is 26.8 Å². The molecule has 0 saturated heterocycles. The number of ether oxygens (including phenoxy) is 1. The minimum atomic E-state index is -0.328. The molecule has 0 aliphatic heterocycles. The van der Waals surface area contributed by atoms with Crippen LogP contribution in [0.1, 0.15) is 41.5 Å². The molecule has 0 aliphatic carbocycles. The maximum atomic E-state index is 12.3. The van der Waals surface area contributed by atoms with Gasteiger partial charge in [0.2, 0.25) is 0 Å². The van der Waals surface area contributed by atoms with Gasteiger partial charge in [0.1, 0.15) is 5.75 Å². The zero-order valence-electron chi connectivity index (χ0n) is 14.0. The van der Waals surface area contributed by atoms with Crippen LogP contribution in [0.5, 0.6) is 5.75 Å². The first kappa shape index (κ1) is 17.5. The molecule has 2 amide bonds. The van der Waals surface area contributed by atoms with E-state index in [-0.39, 0.29) is 17.9 Å². The number of rotatable bonds is 6. The molecule has 6 heteroatoms. The van der Waals surface area contributed by atoms with Crippen molar-refractivity contribution in [2.24, 2.45) is 0 Å². The summed E-state index contributed by atoms with van der Waals surface area (Å²) in [4.78, 5) is 28.3. The van der Waals surface area contributed by atoms with Gasteiger partial charge in [0.15, 0.2) is 0 Å². The van der Waals surface area contributed by atoms with Crippen molar-refractivity contribution in [3.8, 4) is 5.75 Å². The minimum Gasteiger partial charge on any atom is -0.494 e. The Balaban J connectivity index is 2.08. The Bertz CT molecular complexity index is 712. The fourth-order valence-corrected chi connectivity index (χ4v) is 2.04. The number of pyridine rings is 1. The van der Waals surface area contributed by atoms with E-state index in [0.717, 1.165) is 5.75 Å². The SMILES string of the molecule is CCOc1ccc(NC(=O)c2cncc(C(=O)NC(C)C)c2)cc1. The van der Waals surface area contributed by atoms with Gasteiger partial charge in [0, 0.05) is 24.1 Å². The van der Waals surface area contributed by atoms with Crippen molar-refractivity contribution in [2.75, 3.05) is 11.9 Å². The lowest BCUT2D eigenvalue weighted by molar-refractivity contribution is 0.0942. The molecule has 0 aliphatic rings. The summed E-state index contributed by atoms with van der Waals surface area (Å²) in [5, 5.41) is 5.54. The van der Waals surface area contributed by atoms with Crippen LogP contribution in [0, 0.1) is 0 Å². The number of hydrogen-bond acceptors (Lipinski definition) is 4. The number of carbonyl (C=O) groups is 2. The number of benzene rings is 1. The molecule has 0 radical (unpaired) electrons. The highest BCUT2D eigenvalue weighted by molar-refractivity contribution is 6.05. The van der Waals surface area contributed by atoms with E-state index >= 15 is 0 Å². The van der Waals surface area contributed by atoms with Gasteiger partial charge in [0.25, 0.3) is 11.8 Å². The highest BCUT2D eigenvalue weighted by atomic mass is 16.5. The lowest BCUT2D eigenvalue weighted by Crippen LogP contribution is -2.30. The molecule has 2 rings (SSSR count). The van der Waals surface area contributed by atoms with Crippen LogP contribution in [0.4, 0.5) is 5.69 Å². The van der Waals surface area contributed by atoms with Crippen molar-refractivity contribution >= 4 is 17.5 Å². The standard InChI is InChI=1S/C18H21N3O3/c1-4-24-16-7-5-15(6-8-16)21-18(23)14-9-13(10-19-11-14)17(22)20-12(2)3/h5-12H,4H2,1-3H3,(H,20,22)(H,21,23). The first-order valence-electron chi connectivity index (χ1n) is 7.79. The molecular formula is C18H21N3O3. The molecule has 0 unspecified atom stereocenters. The lowest BCUT2D eigenvalue weighted by atomic mass is 10.1. The Kier molecular flexibility index (Phi) is 5.89. The zero-order valence-corrected chi connectivity index (χ0v) is 14.0. The van der Waals surface area contributed by atoms with E-state index in [0.29, 0.717) is 23.4 Å². The molecule has 1 aromatic carbocycles. The lowest BCUT2D eigenvalue weighted by Gasteiger charge is -2.10. The van der Waals surface area contributed by atoms with Gasteiger partial charge in [-0.25, -0.2) is 0 Å². The molecule has 0 atom stereocenters. The minimum absolute atomic E-state index is 0.0128. The predicted octanol–water partition coefficient (Wildman–Crippen LogP) is 2.87. The smallest absolute Gasteiger partial charge is 0.257 e. The average molecular weight is 327 g/mol. The molecule has 1 aromatic heterocycles. The molecular weight excluding hydrogens is 306 g/mol. The Morgan fingerprint density at radius 2 is 1.71 bits per heavy atom. The second-order valence-corrected chi connectivity index (χ2v) is 5.50. The number of anilines is 1. The molecule has 0 spiro atoms. The second kappa shape index (κ2) is 8.10. The van der Waals surface area contributed by atoms with Gasteiger partial charge in [-0.05, 0) is 51.1 Å². The van der Waals surface area contributed by atoms with Crippen LogP contribution in [-0.4, -0.2) is 29.4 Å². The van der Waals surface area contributed by atoms with Gasteiger partial charge >= 0.3 is 0 Å². The summed E-state index contributed by atoms with van der Waals surface area (Å²) in [5.74, 6) is 0.156. The van der Waals surface area contributed by atoms with Crippen molar-refractivity contribution in [3.63, 3.8) is 0 Å². The van der Waals surface area contributed by atoms with Crippen molar-refractivity contribution in [1.29, 1.82) is 0 Å². The van der Waals surface area contributed by atoms with Gasteiger partial charge in [-0.15, -0.1) is 0 Å². The Morgan fingerprint density at radius 1 is 1.08 bits per heavy atom. The highest BCUT2D eigenvalue weighted by Gasteiger charge is 2.12. The molecule has 6 nitrogen and oxygen atoms in total. The van der Waals surface area contributed by atoms with Crippen LogP contribution in [0.3, 0.4) is 0 Å². The van der Waals surface area contributed by atoms with Gasteiger partial charge in [-0.1, -0.05) is 0 Å². The third kappa shape index (κ3) is 4.81. The first-order chi connectivity index (χ1) is 11.5. The number of aromatic nitrogens is 1. The number of amides is 2. The molecule has 0 fully saturated rings. The molecule has 0 bridgehead atoms. The molecule has 1 heterocycles. The van der Waals surface area contributed by atoms with Gasteiger partial charge in [-0.2, -0.15) is 0 Å². The van der Waals surface area contributed by atoms with Crippen LogP contribution in [-0.2, 0) is 0 Å². The van der Waals surface area contributed by atoms with Gasteiger partial charge in [-0.3, -0.25) is 14.6 Å². The topological polar surface area (TPSA) is 80.3 Å². The summed E-state index contributed by atoms with van der Waals surface area (Å²) < 4.78 is 5.36. The van der Waals surface area contributed by atoms with Crippen LogP contribution < -0.4 is 15.4 Å². The fraction of sp³-hybridized carbons (Fsp3) is 0.278. The zero-order chi connectivity index (χ0) is 17.5. The monoisotopic (exact) mass is 327 g/mol. The van der Waals surface area contributed by atoms with E-state index in [1.54, 1.807) is 24.3 Å². The van der Waals surface area contributed by atoms with Crippen molar-refractivity contribution in [1.82, 2.24) is 10.3 Å². The van der Waals surface area contributed by atoms with E-state index in [1.807, 2.05) is 20.8 Å².